The van der Waals surface area contributed by atoms with Crippen molar-refractivity contribution in [1.29, 1.82) is 0 Å². The third-order valence-electron chi connectivity index (χ3n) is 3.89. The van der Waals surface area contributed by atoms with Crippen molar-refractivity contribution in [1.82, 2.24) is 4.90 Å². The maximum absolute atomic E-state index is 12.5. The zero-order valence-corrected chi connectivity index (χ0v) is 12.2. The number of amides is 1. The van der Waals surface area contributed by atoms with E-state index in [1.165, 1.54) is 19.3 Å². The Bertz CT molecular complexity index is 509. The first-order chi connectivity index (χ1) is 10.1. The van der Waals surface area contributed by atoms with E-state index in [4.69, 9.17) is 9.84 Å². The number of carboxylic acids is 1. The maximum atomic E-state index is 12.5. The van der Waals surface area contributed by atoms with Gasteiger partial charge in [-0.15, -0.1) is 0 Å². The molecule has 5 heteroatoms. The highest BCUT2D eigenvalue weighted by molar-refractivity contribution is 5.94. The van der Waals surface area contributed by atoms with Crippen molar-refractivity contribution in [3.63, 3.8) is 0 Å². The van der Waals surface area contributed by atoms with Crippen LogP contribution in [0.5, 0.6) is 5.75 Å². The van der Waals surface area contributed by atoms with E-state index in [0.717, 1.165) is 12.8 Å². The molecule has 1 aliphatic carbocycles. The second-order valence-corrected chi connectivity index (χ2v) is 5.42. The normalized spacial score (nSPS) is 15.5. The molecule has 0 unspecified atom stereocenters. The van der Waals surface area contributed by atoms with Crippen LogP contribution in [0.4, 0.5) is 0 Å². The van der Waals surface area contributed by atoms with Gasteiger partial charge in [0.15, 0.2) is 6.61 Å². The van der Waals surface area contributed by atoms with Gasteiger partial charge in [0, 0.05) is 18.7 Å². The lowest BCUT2D eigenvalue weighted by Crippen LogP contribution is -2.38. The number of hydrogen-bond donors (Lipinski definition) is 1. The molecule has 5 nitrogen and oxygen atoms in total. The van der Waals surface area contributed by atoms with Crippen LogP contribution in [-0.2, 0) is 4.79 Å². The van der Waals surface area contributed by atoms with Crippen LogP contribution in [0.15, 0.2) is 24.3 Å². The van der Waals surface area contributed by atoms with Crippen molar-refractivity contribution in [3.05, 3.63) is 29.8 Å². The molecule has 0 spiro atoms. The van der Waals surface area contributed by atoms with Gasteiger partial charge in [-0.05, 0) is 31.0 Å². The number of hydrogen-bond acceptors (Lipinski definition) is 3. The highest BCUT2D eigenvalue weighted by Gasteiger charge is 2.23. The van der Waals surface area contributed by atoms with Gasteiger partial charge >= 0.3 is 5.97 Å². The first kappa shape index (κ1) is 15.4. The van der Waals surface area contributed by atoms with Crippen LogP contribution in [0, 0.1) is 0 Å². The Labute approximate surface area is 124 Å². The van der Waals surface area contributed by atoms with Crippen LogP contribution in [-0.4, -0.2) is 41.6 Å². The summed E-state index contributed by atoms with van der Waals surface area (Å²) in [5.41, 5.74) is 0.533. The number of benzene rings is 1. The Kier molecular flexibility index (Phi) is 5.20. The number of rotatable bonds is 5. The molecule has 1 fully saturated rings. The average Bonchev–Trinajstić information content (AvgIpc) is 2.52. The van der Waals surface area contributed by atoms with E-state index < -0.39 is 12.6 Å². The Balaban J connectivity index is 2.04. The van der Waals surface area contributed by atoms with E-state index in [1.807, 2.05) is 7.05 Å². The summed E-state index contributed by atoms with van der Waals surface area (Å²) in [6.45, 7) is -0.407. The first-order valence-corrected chi connectivity index (χ1v) is 7.30. The van der Waals surface area contributed by atoms with E-state index in [1.54, 1.807) is 29.2 Å². The monoisotopic (exact) mass is 291 g/mol. The Morgan fingerprint density at radius 3 is 2.67 bits per heavy atom. The molecule has 1 amide bonds. The van der Waals surface area contributed by atoms with E-state index in [-0.39, 0.29) is 5.91 Å². The summed E-state index contributed by atoms with van der Waals surface area (Å²) >= 11 is 0. The van der Waals surface area contributed by atoms with Crippen LogP contribution in [0.3, 0.4) is 0 Å². The van der Waals surface area contributed by atoms with Gasteiger partial charge in [0.05, 0.1) is 0 Å². The second-order valence-electron chi connectivity index (χ2n) is 5.42. The Hall–Kier alpha value is -2.04. The molecule has 0 saturated heterocycles. The van der Waals surface area contributed by atoms with Crippen LogP contribution in [0.1, 0.15) is 42.5 Å². The SMILES string of the molecule is CN(C(=O)c1cccc(OCC(=O)O)c1)C1CCCCC1. The van der Waals surface area contributed by atoms with Gasteiger partial charge < -0.3 is 14.7 Å². The molecule has 114 valence electrons. The van der Waals surface area contributed by atoms with Gasteiger partial charge in [-0.1, -0.05) is 25.3 Å². The topological polar surface area (TPSA) is 66.8 Å². The minimum absolute atomic E-state index is 0.0392. The van der Waals surface area contributed by atoms with E-state index in [2.05, 4.69) is 0 Å². The third kappa shape index (κ3) is 4.21. The van der Waals surface area contributed by atoms with Crippen LogP contribution in [0.2, 0.25) is 0 Å². The summed E-state index contributed by atoms with van der Waals surface area (Å²) < 4.78 is 5.11. The summed E-state index contributed by atoms with van der Waals surface area (Å²) in [6, 6.07) is 6.99. The molecule has 0 bridgehead atoms. The fourth-order valence-electron chi connectivity index (χ4n) is 2.70. The van der Waals surface area contributed by atoms with Gasteiger partial charge in [-0.25, -0.2) is 4.79 Å². The lowest BCUT2D eigenvalue weighted by molar-refractivity contribution is -0.139. The summed E-state index contributed by atoms with van der Waals surface area (Å²) in [4.78, 5) is 24.8. The largest absolute Gasteiger partial charge is 0.482 e. The molecule has 0 atom stereocenters. The maximum Gasteiger partial charge on any atom is 0.341 e. The van der Waals surface area contributed by atoms with Crippen molar-refractivity contribution >= 4 is 11.9 Å². The van der Waals surface area contributed by atoms with Gasteiger partial charge in [0.25, 0.3) is 5.91 Å². The molecule has 0 heterocycles. The Morgan fingerprint density at radius 2 is 2.00 bits per heavy atom. The molecule has 1 aromatic carbocycles. The van der Waals surface area contributed by atoms with E-state index in [9.17, 15) is 9.59 Å². The van der Waals surface area contributed by atoms with Crippen LogP contribution >= 0.6 is 0 Å². The molecular weight excluding hydrogens is 270 g/mol. The number of carboxylic acid groups (broad SMARTS) is 1. The number of nitrogens with zero attached hydrogens (tertiary/aromatic N) is 1. The molecule has 1 aliphatic rings. The molecule has 0 aliphatic heterocycles. The summed E-state index contributed by atoms with van der Waals surface area (Å²) in [7, 11) is 1.84. The second kappa shape index (κ2) is 7.11. The average molecular weight is 291 g/mol. The number of carbonyl (C=O) groups is 2. The Morgan fingerprint density at radius 1 is 1.29 bits per heavy atom. The molecule has 1 aromatic rings. The molecule has 21 heavy (non-hydrogen) atoms. The highest BCUT2D eigenvalue weighted by atomic mass is 16.5. The molecular formula is C16H21NO4. The van der Waals surface area contributed by atoms with Gasteiger partial charge in [-0.2, -0.15) is 0 Å². The fraction of sp³-hybridized carbons (Fsp3) is 0.500. The summed E-state index contributed by atoms with van der Waals surface area (Å²) in [5, 5.41) is 8.61. The highest BCUT2D eigenvalue weighted by Crippen LogP contribution is 2.23. The predicted molar refractivity (Wildman–Crippen MR) is 78.5 cm³/mol. The van der Waals surface area contributed by atoms with Crippen molar-refractivity contribution in [3.8, 4) is 5.75 Å². The minimum atomic E-state index is -1.04. The quantitative estimate of drug-likeness (QED) is 0.905. The fourth-order valence-corrected chi connectivity index (χ4v) is 2.70. The van der Waals surface area contributed by atoms with Crippen molar-refractivity contribution < 1.29 is 19.4 Å². The van der Waals surface area contributed by atoms with Gasteiger partial charge in [0.2, 0.25) is 0 Å². The van der Waals surface area contributed by atoms with Crippen molar-refractivity contribution in [2.75, 3.05) is 13.7 Å². The molecule has 0 radical (unpaired) electrons. The smallest absolute Gasteiger partial charge is 0.341 e. The lowest BCUT2D eigenvalue weighted by Gasteiger charge is -2.31. The molecule has 1 N–H and O–H groups in total. The minimum Gasteiger partial charge on any atom is -0.482 e. The first-order valence-electron chi connectivity index (χ1n) is 7.30. The molecule has 1 saturated carbocycles. The molecule has 2 rings (SSSR count). The summed E-state index contributed by atoms with van der Waals surface area (Å²) in [5.74, 6) is -0.672. The van der Waals surface area contributed by atoms with Crippen LogP contribution in [0.25, 0.3) is 0 Å². The van der Waals surface area contributed by atoms with E-state index >= 15 is 0 Å². The lowest BCUT2D eigenvalue weighted by atomic mass is 9.94. The van der Waals surface area contributed by atoms with E-state index in [0.29, 0.717) is 17.4 Å². The third-order valence-corrected chi connectivity index (χ3v) is 3.89. The van der Waals surface area contributed by atoms with Gasteiger partial charge in [-0.3, -0.25) is 4.79 Å². The summed E-state index contributed by atoms with van der Waals surface area (Å²) in [6.07, 6.45) is 5.69. The molecule has 0 aromatic heterocycles. The zero-order chi connectivity index (χ0) is 15.2. The van der Waals surface area contributed by atoms with Crippen molar-refractivity contribution in [2.24, 2.45) is 0 Å². The zero-order valence-electron chi connectivity index (χ0n) is 12.2. The predicted octanol–water partition coefficient (Wildman–Crippen LogP) is 2.55. The standard InChI is InChI=1S/C16H21NO4/c1-17(13-7-3-2-4-8-13)16(20)12-6-5-9-14(10-12)21-11-15(18)19/h5-6,9-10,13H,2-4,7-8,11H2,1H3,(H,18,19). The number of carbonyl (C=O) groups excluding carboxylic acids is 1. The number of ether oxygens (including phenoxy) is 1. The van der Waals surface area contributed by atoms with Crippen molar-refractivity contribution in [2.45, 2.75) is 38.1 Å². The number of aliphatic carboxylic acids is 1. The van der Waals surface area contributed by atoms with Crippen LogP contribution < -0.4 is 4.74 Å². The van der Waals surface area contributed by atoms with Gasteiger partial charge in [0.1, 0.15) is 5.75 Å².